The molecule has 1 aliphatic heterocycles. The number of nitrogens with zero attached hydrogens (tertiary/aromatic N) is 5. The van der Waals surface area contributed by atoms with Gasteiger partial charge in [0.05, 0.1) is 5.69 Å². The first-order valence-corrected chi connectivity index (χ1v) is 10.3. The number of anilines is 1. The van der Waals surface area contributed by atoms with E-state index in [0.717, 1.165) is 57.7 Å². The number of hydrogen-bond donors (Lipinski definition) is 2. The molecule has 0 atom stereocenters. The number of pyridine rings is 3. The van der Waals surface area contributed by atoms with Crippen LogP contribution in [0, 0.1) is 0 Å². The van der Waals surface area contributed by atoms with Crippen LogP contribution in [-0.4, -0.2) is 43.2 Å². The predicted octanol–water partition coefficient (Wildman–Crippen LogP) is 4.55. The van der Waals surface area contributed by atoms with Gasteiger partial charge in [0, 0.05) is 65.5 Å². The number of H-pyrrole nitrogens is 2. The minimum Gasteiger partial charge on any atom is -0.371 e. The van der Waals surface area contributed by atoms with E-state index in [4.69, 9.17) is 0 Å². The highest BCUT2D eigenvalue weighted by Crippen LogP contribution is 2.34. The van der Waals surface area contributed by atoms with Crippen LogP contribution in [-0.2, 0) is 0 Å². The van der Waals surface area contributed by atoms with E-state index in [9.17, 15) is 0 Å². The van der Waals surface area contributed by atoms with Crippen molar-refractivity contribution in [3.63, 3.8) is 0 Å². The van der Waals surface area contributed by atoms with Gasteiger partial charge in [-0.05, 0) is 43.5 Å². The number of piperidine rings is 1. The standard InChI is InChI=1S/C23H21N7/c1-2-9-30(10-3-1)20-6-8-25-22-17(20)12-19(27-22)21-18-11-16(14-26-23(18)29-28-21)15-5-4-7-24-13-15/h4-8,11-14H,1-3,9-10H2,(H,25,27)(H,26,28,29). The Morgan fingerprint density at radius 2 is 1.77 bits per heavy atom. The van der Waals surface area contributed by atoms with Gasteiger partial charge in [0.1, 0.15) is 11.3 Å². The summed E-state index contributed by atoms with van der Waals surface area (Å²) >= 11 is 0. The molecule has 5 aromatic heterocycles. The van der Waals surface area contributed by atoms with Gasteiger partial charge in [-0.25, -0.2) is 9.97 Å². The molecule has 1 aliphatic rings. The molecule has 0 bridgehead atoms. The van der Waals surface area contributed by atoms with Crippen molar-refractivity contribution in [2.75, 3.05) is 18.0 Å². The Balaban J connectivity index is 1.47. The van der Waals surface area contributed by atoms with E-state index in [1.54, 1.807) is 6.20 Å². The van der Waals surface area contributed by atoms with Crippen molar-refractivity contribution in [3.05, 3.63) is 55.1 Å². The lowest BCUT2D eigenvalue weighted by molar-refractivity contribution is 0.579. The van der Waals surface area contributed by atoms with Crippen LogP contribution in [0.5, 0.6) is 0 Å². The fourth-order valence-corrected chi connectivity index (χ4v) is 4.35. The highest BCUT2D eigenvalue weighted by Gasteiger charge is 2.18. The maximum Gasteiger partial charge on any atom is 0.155 e. The summed E-state index contributed by atoms with van der Waals surface area (Å²) < 4.78 is 0. The van der Waals surface area contributed by atoms with Crippen LogP contribution in [0.25, 0.3) is 44.6 Å². The summed E-state index contributed by atoms with van der Waals surface area (Å²) in [5, 5.41) is 9.74. The predicted molar refractivity (Wildman–Crippen MR) is 118 cm³/mol. The van der Waals surface area contributed by atoms with Gasteiger partial charge in [-0.15, -0.1) is 0 Å². The molecule has 5 aromatic rings. The normalized spacial score (nSPS) is 14.6. The van der Waals surface area contributed by atoms with Gasteiger partial charge in [-0.3, -0.25) is 10.1 Å². The first-order chi connectivity index (χ1) is 14.9. The van der Waals surface area contributed by atoms with Crippen LogP contribution in [0.3, 0.4) is 0 Å². The summed E-state index contributed by atoms with van der Waals surface area (Å²) in [4.78, 5) is 19.3. The summed E-state index contributed by atoms with van der Waals surface area (Å²) in [7, 11) is 0. The monoisotopic (exact) mass is 395 g/mol. The zero-order chi connectivity index (χ0) is 19.9. The third-order valence-electron chi connectivity index (χ3n) is 5.87. The lowest BCUT2D eigenvalue weighted by Gasteiger charge is -2.29. The van der Waals surface area contributed by atoms with E-state index < -0.39 is 0 Å². The summed E-state index contributed by atoms with van der Waals surface area (Å²) in [6, 6.07) is 10.4. The van der Waals surface area contributed by atoms with Crippen LogP contribution in [0.15, 0.2) is 55.1 Å². The van der Waals surface area contributed by atoms with E-state index in [0.29, 0.717) is 0 Å². The number of aromatic amines is 2. The van der Waals surface area contributed by atoms with E-state index in [1.165, 1.54) is 24.9 Å². The molecular weight excluding hydrogens is 374 g/mol. The molecule has 1 fully saturated rings. The molecule has 0 unspecified atom stereocenters. The van der Waals surface area contributed by atoms with Crippen LogP contribution in [0.4, 0.5) is 5.69 Å². The Morgan fingerprint density at radius 3 is 2.63 bits per heavy atom. The minimum absolute atomic E-state index is 0.764. The van der Waals surface area contributed by atoms with Gasteiger partial charge in [0.25, 0.3) is 0 Å². The van der Waals surface area contributed by atoms with Crippen molar-refractivity contribution in [2.24, 2.45) is 0 Å². The summed E-state index contributed by atoms with van der Waals surface area (Å²) in [6.45, 7) is 2.20. The molecule has 7 heteroatoms. The zero-order valence-electron chi connectivity index (χ0n) is 16.5. The lowest BCUT2D eigenvalue weighted by atomic mass is 10.1. The molecule has 30 heavy (non-hydrogen) atoms. The van der Waals surface area contributed by atoms with Crippen molar-refractivity contribution in [1.82, 2.24) is 30.1 Å². The van der Waals surface area contributed by atoms with E-state index >= 15 is 0 Å². The van der Waals surface area contributed by atoms with E-state index in [2.05, 4.69) is 53.2 Å². The molecule has 0 spiro atoms. The minimum atomic E-state index is 0.764. The number of aromatic nitrogens is 6. The van der Waals surface area contributed by atoms with Crippen molar-refractivity contribution in [3.8, 4) is 22.5 Å². The Hall–Kier alpha value is -3.74. The molecule has 0 aliphatic carbocycles. The zero-order valence-corrected chi connectivity index (χ0v) is 16.5. The van der Waals surface area contributed by atoms with Crippen molar-refractivity contribution in [2.45, 2.75) is 19.3 Å². The Labute approximate surface area is 173 Å². The van der Waals surface area contributed by atoms with Gasteiger partial charge >= 0.3 is 0 Å². The van der Waals surface area contributed by atoms with Crippen LogP contribution in [0.1, 0.15) is 19.3 Å². The maximum atomic E-state index is 4.57. The third kappa shape index (κ3) is 2.82. The Bertz CT molecular complexity index is 1330. The van der Waals surface area contributed by atoms with Gasteiger partial charge < -0.3 is 9.88 Å². The second-order valence-electron chi connectivity index (χ2n) is 7.76. The van der Waals surface area contributed by atoms with Crippen LogP contribution in [0.2, 0.25) is 0 Å². The Morgan fingerprint density at radius 1 is 0.833 bits per heavy atom. The first-order valence-electron chi connectivity index (χ1n) is 10.3. The summed E-state index contributed by atoms with van der Waals surface area (Å²) in [5.74, 6) is 0. The van der Waals surface area contributed by atoms with Gasteiger partial charge in [-0.1, -0.05) is 6.07 Å². The highest BCUT2D eigenvalue weighted by atomic mass is 15.2. The SMILES string of the molecule is c1cncc(-c2cnc3[nH]nc(-c4cc5c(N6CCCCC6)ccnc5[nH]4)c3c2)c1. The summed E-state index contributed by atoms with van der Waals surface area (Å²) in [5.41, 5.74) is 6.74. The molecule has 0 amide bonds. The molecule has 0 saturated carbocycles. The number of rotatable bonds is 3. The molecule has 0 radical (unpaired) electrons. The van der Waals surface area contributed by atoms with Gasteiger partial charge in [0.2, 0.25) is 0 Å². The average Bonchev–Trinajstić information content (AvgIpc) is 3.43. The third-order valence-corrected chi connectivity index (χ3v) is 5.87. The lowest BCUT2D eigenvalue weighted by Crippen LogP contribution is -2.29. The average molecular weight is 395 g/mol. The molecule has 1 saturated heterocycles. The number of nitrogens with one attached hydrogen (secondary N) is 2. The van der Waals surface area contributed by atoms with E-state index in [1.807, 2.05) is 30.7 Å². The first kappa shape index (κ1) is 17.1. The van der Waals surface area contributed by atoms with Crippen LogP contribution < -0.4 is 4.90 Å². The molecule has 2 N–H and O–H groups in total. The molecule has 6 heterocycles. The molecule has 148 valence electrons. The summed E-state index contributed by atoms with van der Waals surface area (Å²) in [6.07, 6.45) is 11.2. The fraction of sp³-hybridized carbons (Fsp3) is 0.217. The second kappa shape index (κ2) is 6.95. The Kier molecular flexibility index (Phi) is 3.97. The maximum absolute atomic E-state index is 4.57. The molecule has 0 aromatic carbocycles. The quantitative estimate of drug-likeness (QED) is 0.468. The molecule has 6 rings (SSSR count). The molecular formula is C23H21N7. The smallest absolute Gasteiger partial charge is 0.155 e. The largest absolute Gasteiger partial charge is 0.371 e. The highest BCUT2D eigenvalue weighted by molar-refractivity contribution is 5.98. The van der Waals surface area contributed by atoms with Gasteiger partial charge in [0.15, 0.2) is 5.65 Å². The van der Waals surface area contributed by atoms with E-state index in [-0.39, 0.29) is 0 Å². The van der Waals surface area contributed by atoms with Crippen LogP contribution >= 0.6 is 0 Å². The van der Waals surface area contributed by atoms with Crippen molar-refractivity contribution < 1.29 is 0 Å². The fourth-order valence-electron chi connectivity index (χ4n) is 4.35. The van der Waals surface area contributed by atoms with Crippen molar-refractivity contribution in [1.29, 1.82) is 0 Å². The number of hydrogen-bond acceptors (Lipinski definition) is 5. The van der Waals surface area contributed by atoms with Gasteiger partial charge in [-0.2, -0.15) is 5.10 Å². The number of fused-ring (bicyclic) bond motifs is 2. The van der Waals surface area contributed by atoms with Crippen molar-refractivity contribution >= 4 is 27.8 Å². The molecule has 7 nitrogen and oxygen atoms in total. The topological polar surface area (TPSA) is 86.4 Å². The second-order valence-corrected chi connectivity index (χ2v) is 7.76.